The minimum absolute atomic E-state index is 0.671. The second kappa shape index (κ2) is 9.92. The summed E-state index contributed by atoms with van der Waals surface area (Å²) in [5, 5.41) is 4.24. The molecule has 0 spiro atoms. The van der Waals surface area contributed by atoms with Gasteiger partial charge in [-0.1, -0.05) is 46.6 Å². The molecule has 2 aromatic carbocycles. The molecule has 0 heterocycles. The Hall–Kier alpha value is -1.23. The molecule has 0 saturated carbocycles. The number of methoxy groups -OCH3 is 1. The number of nitrogens with one attached hydrogen (secondary N) is 1. The number of benzene rings is 2. The Morgan fingerprint density at radius 1 is 1.12 bits per heavy atom. The van der Waals surface area contributed by atoms with E-state index >= 15 is 0 Å². The van der Waals surface area contributed by atoms with Crippen LogP contribution in [0.1, 0.15) is 24.5 Å². The lowest BCUT2D eigenvalue weighted by Crippen LogP contribution is -2.18. The highest BCUT2D eigenvalue weighted by molar-refractivity contribution is 9.10. The normalized spacial score (nSPS) is 10.7. The fourth-order valence-corrected chi connectivity index (χ4v) is 2.95. The minimum Gasteiger partial charge on any atom is -0.493 e. The first kappa shape index (κ1) is 19.1. The van der Waals surface area contributed by atoms with Crippen molar-refractivity contribution in [3.05, 3.63) is 57.0 Å². The van der Waals surface area contributed by atoms with Crippen molar-refractivity contribution >= 4 is 27.5 Å². The van der Waals surface area contributed by atoms with E-state index < -0.39 is 0 Å². The second-order valence-corrected chi connectivity index (χ2v) is 6.75. The van der Waals surface area contributed by atoms with E-state index in [9.17, 15) is 0 Å². The molecule has 0 atom stereocenters. The van der Waals surface area contributed by atoms with Gasteiger partial charge in [0.2, 0.25) is 0 Å². The van der Waals surface area contributed by atoms with Crippen molar-refractivity contribution in [2.75, 3.05) is 20.3 Å². The molecule has 0 aliphatic heterocycles. The fraction of sp³-hybridized carbons (Fsp3) is 0.368. The number of halogens is 2. The van der Waals surface area contributed by atoms with Gasteiger partial charge in [-0.15, -0.1) is 0 Å². The van der Waals surface area contributed by atoms with Crippen LogP contribution < -0.4 is 14.8 Å². The molecule has 0 radical (unpaired) electrons. The van der Waals surface area contributed by atoms with Crippen LogP contribution >= 0.6 is 27.5 Å². The highest BCUT2D eigenvalue weighted by Crippen LogP contribution is 2.36. The molecule has 0 fully saturated rings. The third-order valence-electron chi connectivity index (χ3n) is 3.64. The smallest absolute Gasteiger partial charge is 0.166 e. The summed E-state index contributed by atoms with van der Waals surface area (Å²) in [6.45, 7) is 4.35. The fourth-order valence-electron chi connectivity index (χ4n) is 2.37. The van der Waals surface area contributed by atoms with Crippen molar-refractivity contribution in [3.63, 3.8) is 0 Å². The third-order valence-corrected chi connectivity index (χ3v) is 4.64. The summed E-state index contributed by atoms with van der Waals surface area (Å²) in [7, 11) is 1.67. The minimum atomic E-state index is 0.671. The Bertz CT molecular complexity index is 647. The van der Waals surface area contributed by atoms with E-state index in [4.69, 9.17) is 21.1 Å². The molecule has 24 heavy (non-hydrogen) atoms. The molecular formula is C19H23BrClNO2. The lowest BCUT2D eigenvalue weighted by atomic mass is 10.1. The van der Waals surface area contributed by atoms with Crippen LogP contribution in [0.25, 0.3) is 0 Å². The number of rotatable bonds is 9. The van der Waals surface area contributed by atoms with Crippen LogP contribution in [0.15, 0.2) is 40.9 Å². The van der Waals surface area contributed by atoms with E-state index in [1.807, 2.05) is 24.3 Å². The average molecular weight is 413 g/mol. The molecule has 0 aromatic heterocycles. The van der Waals surface area contributed by atoms with Gasteiger partial charge in [0.1, 0.15) is 0 Å². The van der Waals surface area contributed by atoms with E-state index in [2.05, 4.69) is 40.3 Å². The van der Waals surface area contributed by atoms with E-state index in [0.717, 1.165) is 45.9 Å². The van der Waals surface area contributed by atoms with Crippen molar-refractivity contribution in [2.45, 2.75) is 26.3 Å². The summed E-state index contributed by atoms with van der Waals surface area (Å²) >= 11 is 9.53. The van der Waals surface area contributed by atoms with Crippen molar-refractivity contribution in [1.82, 2.24) is 5.32 Å². The third kappa shape index (κ3) is 5.40. The maximum atomic E-state index is 5.91. The summed E-state index contributed by atoms with van der Waals surface area (Å²) in [4.78, 5) is 0. The van der Waals surface area contributed by atoms with Gasteiger partial charge in [0, 0.05) is 21.6 Å². The summed E-state index contributed by atoms with van der Waals surface area (Å²) in [5.74, 6) is 1.58. The average Bonchev–Trinajstić information content (AvgIpc) is 2.59. The summed E-state index contributed by atoms with van der Waals surface area (Å²) in [6.07, 6.45) is 1.91. The molecule has 5 heteroatoms. The SMILES string of the molecule is CCCOc1c(OC)ccc(Br)c1CNCCc1ccc(Cl)cc1. The van der Waals surface area contributed by atoms with E-state index in [-0.39, 0.29) is 0 Å². The zero-order valence-electron chi connectivity index (χ0n) is 14.1. The number of hydrogen-bond acceptors (Lipinski definition) is 3. The van der Waals surface area contributed by atoms with Gasteiger partial charge in [0.05, 0.1) is 13.7 Å². The highest BCUT2D eigenvalue weighted by atomic mass is 79.9. The largest absolute Gasteiger partial charge is 0.493 e. The lowest BCUT2D eigenvalue weighted by Gasteiger charge is -2.17. The van der Waals surface area contributed by atoms with Gasteiger partial charge in [-0.05, 0) is 49.2 Å². The van der Waals surface area contributed by atoms with Crippen molar-refractivity contribution in [2.24, 2.45) is 0 Å². The molecule has 0 aliphatic rings. The van der Waals surface area contributed by atoms with E-state index in [1.165, 1.54) is 5.56 Å². The lowest BCUT2D eigenvalue weighted by molar-refractivity contribution is 0.290. The molecule has 2 aromatic rings. The molecule has 0 bridgehead atoms. The van der Waals surface area contributed by atoms with Gasteiger partial charge in [-0.25, -0.2) is 0 Å². The maximum absolute atomic E-state index is 5.91. The van der Waals surface area contributed by atoms with Crippen LogP contribution in [0.5, 0.6) is 11.5 Å². The Labute approximate surface area is 157 Å². The first-order valence-corrected chi connectivity index (χ1v) is 9.26. The van der Waals surface area contributed by atoms with Crippen LogP contribution in [0.2, 0.25) is 5.02 Å². The van der Waals surface area contributed by atoms with E-state index in [1.54, 1.807) is 7.11 Å². The Morgan fingerprint density at radius 3 is 2.54 bits per heavy atom. The zero-order chi connectivity index (χ0) is 17.4. The van der Waals surface area contributed by atoms with Crippen LogP contribution in [-0.4, -0.2) is 20.3 Å². The first-order chi connectivity index (χ1) is 11.7. The van der Waals surface area contributed by atoms with Gasteiger partial charge >= 0.3 is 0 Å². The topological polar surface area (TPSA) is 30.5 Å². The predicted molar refractivity (Wildman–Crippen MR) is 103 cm³/mol. The van der Waals surface area contributed by atoms with Gasteiger partial charge in [-0.3, -0.25) is 0 Å². The Morgan fingerprint density at radius 2 is 1.88 bits per heavy atom. The van der Waals surface area contributed by atoms with Gasteiger partial charge in [0.15, 0.2) is 11.5 Å². The van der Waals surface area contributed by atoms with Crippen molar-refractivity contribution < 1.29 is 9.47 Å². The van der Waals surface area contributed by atoms with Crippen LogP contribution in [0, 0.1) is 0 Å². The van der Waals surface area contributed by atoms with Crippen LogP contribution in [-0.2, 0) is 13.0 Å². The molecule has 0 saturated heterocycles. The molecule has 0 amide bonds. The summed E-state index contributed by atoms with van der Waals surface area (Å²) in [6, 6.07) is 11.9. The molecule has 3 nitrogen and oxygen atoms in total. The Balaban J connectivity index is 1.98. The molecular weight excluding hydrogens is 390 g/mol. The monoisotopic (exact) mass is 411 g/mol. The van der Waals surface area contributed by atoms with E-state index in [0.29, 0.717) is 13.2 Å². The molecule has 2 rings (SSSR count). The highest BCUT2D eigenvalue weighted by Gasteiger charge is 2.14. The molecule has 130 valence electrons. The number of ether oxygens (including phenoxy) is 2. The van der Waals surface area contributed by atoms with Gasteiger partial charge in [-0.2, -0.15) is 0 Å². The van der Waals surface area contributed by atoms with Gasteiger partial charge in [0.25, 0.3) is 0 Å². The van der Waals surface area contributed by atoms with Gasteiger partial charge < -0.3 is 14.8 Å². The molecule has 0 aliphatic carbocycles. The summed E-state index contributed by atoms with van der Waals surface area (Å²) < 4.78 is 12.4. The summed E-state index contributed by atoms with van der Waals surface area (Å²) in [5.41, 5.74) is 2.35. The maximum Gasteiger partial charge on any atom is 0.166 e. The molecule has 0 unspecified atom stereocenters. The zero-order valence-corrected chi connectivity index (χ0v) is 16.4. The van der Waals surface area contributed by atoms with Crippen molar-refractivity contribution in [1.29, 1.82) is 0 Å². The van der Waals surface area contributed by atoms with Crippen LogP contribution in [0.4, 0.5) is 0 Å². The predicted octanol–water partition coefficient (Wildman–Crippen LogP) is 5.23. The standard InChI is InChI=1S/C19H23BrClNO2/c1-3-12-24-19-16(17(20)8-9-18(19)23-2)13-22-11-10-14-4-6-15(21)7-5-14/h4-9,22H,3,10-13H2,1-2H3. The second-order valence-electron chi connectivity index (χ2n) is 5.46. The quantitative estimate of drug-likeness (QED) is 0.572. The van der Waals surface area contributed by atoms with Crippen LogP contribution in [0.3, 0.4) is 0 Å². The number of hydrogen-bond donors (Lipinski definition) is 1. The Kier molecular flexibility index (Phi) is 7.89. The van der Waals surface area contributed by atoms with Crippen molar-refractivity contribution in [3.8, 4) is 11.5 Å². The molecule has 1 N–H and O–H groups in total. The first-order valence-electron chi connectivity index (χ1n) is 8.09.